The maximum absolute atomic E-state index is 12.3. The third kappa shape index (κ3) is 2.80. The first-order valence-corrected chi connectivity index (χ1v) is 6.42. The second kappa shape index (κ2) is 5.83. The third-order valence-corrected chi connectivity index (χ3v) is 3.66. The molecule has 2 atom stereocenters. The first kappa shape index (κ1) is 12.8. The Morgan fingerprint density at radius 1 is 0.944 bits per heavy atom. The van der Waals surface area contributed by atoms with Crippen LogP contribution in [0.1, 0.15) is 28.2 Å². The molecule has 0 fully saturated rings. The molecule has 0 heterocycles. The molecule has 0 amide bonds. The minimum atomic E-state index is -0.293. The maximum Gasteiger partial charge on any atom is 0.167 e. The van der Waals surface area contributed by atoms with Gasteiger partial charge in [0.2, 0.25) is 0 Å². The number of hydrogen-bond acceptors (Lipinski definition) is 1. The SMILES string of the molecule is C[C@H](C(=O)c1ccccc1)[C@@H](Cl)c1ccccc1. The molecule has 0 spiro atoms. The Morgan fingerprint density at radius 2 is 1.44 bits per heavy atom. The fraction of sp³-hybridized carbons (Fsp3) is 0.188. The van der Waals surface area contributed by atoms with Crippen LogP contribution in [-0.2, 0) is 0 Å². The molecule has 18 heavy (non-hydrogen) atoms. The summed E-state index contributed by atoms with van der Waals surface area (Å²) in [6.07, 6.45) is 0. The van der Waals surface area contributed by atoms with Gasteiger partial charge in [-0.2, -0.15) is 0 Å². The molecule has 2 aromatic rings. The smallest absolute Gasteiger partial charge is 0.167 e. The Bertz CT molecular complexity index is 507. The lowest BCUT2D eigenvalue weighted by atomic mass is 9.92. The Labute approximate surface area is 112 Å². The van der Waals surface area contributed by atoms with Crippen LogP contribution in [0.2, 0.25) is 0 Å². The molecular weight excluding hydrogens is 244 g/mol. The molecule has 0 aliphatic carbocycles. The Kier molecular flexibility index (Phi) is 4.16. The quantitative estimate of drug-likeness (QED) is 0.584. The lowest BCUT2D eigenvalue weighted by Crippen LogP contribution is -2.16. The highest BCUT2D eigenvalue weighted by atomic mass is 35.5. The van der Waals surface area contributed by atoms with Crippen LogP contribution in [0.5, 0.6) is 0 Å². The van der Waals surface area contributed by atoms with E-state index in [9.17, 15) is 4.79 Å². The Morgan fingerprint density at radius 3 is 2.00 bits per heavy atom. The average molecular weight is 259 g/mol. The van der Waals surface area contributed by atoms with Crippen molar-refractivity contribution < 1.29 is 4.79 Å². The van der Waals surface area contributed by atoms with Gasteiger partial charge in [-0.3, -0.25) is 4.79 Å². The molecule has 2 aromatic carbocycles. The summed E-state index contributed by atoms with van der Waals surface area (Å²) in [6.45, 7) is 1.88. The van der Waals surface area contributed by atoms with E-state index in [0.717, 1.165) is 5.56 Å². The maximum atomic E-state index is 12.3. The van der Waals surface area contributed by atoms with Crippen LogP contribution < -0.4 is 0 Å². The predicted molar refractivity (Wildman–Crippen MR) is 75.0 cm³/mol. The minimum Gasteiger partial charge on any atom is -0.294 e. The Hall–Kier alpha value is -1.60. The van der Waals surface area contributed by atoms with Crippen molar-refractivity contribution in [3.05, 3.63) is 71.8 Å². The van der Waals surface area contributed by atoms with E-state index in [2.05, 4.69) is 0 Å². The van der Waals surface area contributed by atoms with E-state index in [1.54, 1.807) is 0 Å². The van der Waals surface area contributed by atoms with Crippen molar-refractivity contribution in [2.75, 3.05) is 0 Å². The van der Waals surface area contributed by atoms with Crippen molar-refractivity contribution in [3.8, 4) is 0 Å². The normalized spacial score (nSPS) is 13.9. The van der Waals surface area contributed by atoms with Gasteiger partial charge in [0.25, 0.3) is 0 Å². The number of carbonyl (C=O) groups excluding carboxylic acids is 1. The van der Waals surface area contributed by atoms with Gasteiger partial charge in [0.05, 0.1) is 5.38 Å². The van der Waals surface area contributed by atoms with Crippen LogP contribution >= 0.6 is 11.6 Å². The fourth-order valence-electron chi connectivity index (χ4n) is 1.92. The van der Waals surface area contributed by atoms with Crippen LogP contribution in [0, 0.1) is 5.92 Å². The first-order valence-electron chi connectivity index (χ1n) is 5.98. The standard InChI is InChI=1S/C16H15ClO/c1-12(15(17)13-8-4-2-5-9-13)16(18)14-10-6-3-7-11-14/h2-12,15H,1H3/t12-,15+/m0/s1. The minimum absolute atomic E-state index is 0.0828. The summed E-state index contributed by atoms with van der Waals surface area (Å²) in [7, 11) is 0. The van der Waals surface area contributed by atoms with Gasteiger partial charge < -0.3 is 0 Å². The molecule has 0 saturated heterocycles. The van der Waals surface area contributed by atoms with Crippen LogP contribution in [0.4, 0.5) is 0 Å². The number of carbonyl (C=O) groups is 1. The summed E-state index contributed by atoms with van der Waals surface area (Å²) in [5.74, 6) is -0.157. The predicted octanol–water partition coefficient (Wildman–Crippen LogP) is 4.49. The van der Waals surface area contributed by atoms with E-state index in [4.69, 9.17) is 11.6 Å². The molecule has 0 aliphatic heterocycles. The van der Waals surface area contributed by atoms with Crippen molar-refractivity contribution in [2.45, 2.75) is 12.3 Å². The number of ketones is 1. The summed E-state index contributed by atoms with van der Waals surface area (Å²) in [5, 5.41) is -0.293. The molecule has 0 saturated carbocycles. The number of hydrogen-bond donors (Lipinski definition) is 0. The van der Waals surface area contributed by atoms with Crippen molar-refractivity contribution in [1.82, 2.24) is 0 Å². The highest BCUT2D eigenvalue weighted by molar-refractivity contribution is 6.23. The molecule has 0 aliphatic rings. The van der Waals surface area contributed by atoms with Gasteiger partial charge in [-0.1, -0.05) is 67.6 Å². The molecule has 0 aromatic heterocycles. The third-order valence-electron chi connectivity index (χ3n) is 3.03. The molecule has 0 N–H and O–H groups in total. The van der Waals surface area contributed by atoms with Gasteiger partial charge in [-0.05, 0) is 5.56 Å². The van der Waals surface area contributed by atoms with E-state index in [-0.39, 0.29) is 17.1 Å². The second-order valence-electron chi connectivity index (χ2n) is 4.33. The van der Waals surface area contributed by atoms with Crippen LogP contribution in [0.15, 0.2) is 60.7 Å². The van der Waals surface area contributed by atoms with E-state index in [1.165, 1.54) is 0 Å². The van der Waals surface area contributed by atoms with Crippen molar-refractivity contribution >= 4 is 17.4 Å². The molecule has 92 valence electrons. The van der Waals surface area contributed by atoms with Gasteiger partial charge in [0.15, 0.2) is 5.78 Å². The number of halogens is 1. The van der Waals surface area contributed by atoms with E-state index in [1.807, 2.05) is 67.6 Å². The monoisotopic (exact) mass is 258 g/mol. The van der Waals surface area contributed by atoms with Crippen molar-refractivity contribution in [3.63, 3.8) is 0 Å². The van der Waals surface area contributed by atoms with E-state index in [0.29, 0.717) is 5.56 Å². The molecule has 2 rings (SSSR count). The van der Waals surface area contributed by atoms with Gasteiger partial charge in [0, 0.05) is 11.5 Å². The highest BCUT2D eigenvalue weighted by Gasteiger charge is 2.24. The fourth-order valence-corrected chi connectivity index (χ4v) is 2.18. The summed E-state index contributed by atoms with van der Waals surface area (Å²) in [5.41, 5.74) is 1.70. The lowest BCUT2D eigenvalue weighted by molar-refractivity contribution is 0.0926. The largest absolute Gasteiger partial charge is 0.294 e. The highest BCUT2D eigenvalue weighted by Crippen LogP contribution is 2.30. The molecule has 1 nitrogen and oxygen atoms in total. The van der Waals surface area contributed by atoms with Gasteiger partial charge in [-0.15, -0.1) is 11.6 Å². The zero-order chi connectivity index (χ0) is 13.0. The molecular formula is C16H15ClO. The summed E-state index contributed by atoms with van der Waals surface area (Å²) < 4.78 is 0. The van der Waals surface area contributed by atoms with Crippen molar-refractivity contribution in [1.29, 1.82) is 0 Å². The number of Topliss-reactive ketones (excluding diaryl/α,β-unsaturated/α-hetero) is 1. The summed E-state index contributed by atoms with van der Waals surface area (Å²) in [6, 6.07) is 19.0. The zero-order valence-electron chi connectivity index (χ0n) is 10.2. The van der Waals surface area contributed by atoms with Crippen LogP contribution in [0.25, 0.3) is 0 Å². The summed E-state index contributed by atoms with van der Waals surface area (Å²) >= 11 is 6.38. The molecule has 0 radical (unpaired) electrons. The van der Waals surface area contributed by atoms with Gasteiger partial charge in [-0.25, -0.2) is 0 Å². The van der Waals surface area contributed by atoms with Crippen LogP contribution in [-0.4, -0.2) is 5.78 Å². The zero-order valence-corrected chi connectivity index (χ0v) is 11.0. The van der Waals surface area contributed by atoms with E-state index >= 15 is 0 Å². The van der Waals surface area contributed by atoms with E-state index < -0.39 is 0 Å². The van der Waals surface area contributed by atoms with Crippen molar-refractivity contribution in [2.24, 2.45) is 5.92 Å². The average Bonchev–Trinajstić information content (AvgIpc) is 2.47. The lowest BCUT2D eigenvalue weighted by Gasteiger charge is -2.17. The number of rotatable bonds is 4. The van der Waals surface area contributed by atoms with Gasteiger partial charge >= 0.3 is 0 Å². The molecule has 0 bridgehead atoms. The Balaban J connectivity index is 2.17. The van der Waals surface area contributed by atoms with Gasteiger partial charge in [0.1, 0.15) is 0 Å². The first-order chi connectivity index (χ1) is 8.70. The molecule has 0 unspecified atom stereocenters. The summed E-state index contributed by atoms with van der Waals surface area (Å²) in [4.78, 5) is 12.3. The molecule has 2 heteroatoms. The number of benzene rings is 2. The topological polar surface area (TPSA) is 17.1 Å². The second-order valence-corrected chi connectivity index (χ2v) is 4.80. The number of alkyl halides is 1. The van der Waals surface area contributed by atoms with Crippen LogP contribution in [0.3, 0.4) is 0 Å².